The van der Waals surface area contributed by atoms with Crippen molar-refractivity contribution in [2.75, 3.05) is 0 Å². The fourth-order valence-electron chi connectivity index (χ4n) is 1.75. The number of halogens is 1. The third-order valence-corrected chi connectivity index (χ3v) is 4.33. The zero-order chi connectivity index (χ0) is 15.3. The van der Waals surface area contributed by atoms with Gasteiger partial charge in [-0.15, -0.1) is 0 Å². The molecule has 1 rings (SSSR count). The lowest BCUT2D eigenvalue weighted by atomic mass is 10.1. The molecule has 1 aromatic carbocycles. The van der Waals surface area contributed by atoms with E-state index in [4.69, 9.17) is 16.7 Å². The summed E-state index contributed by atoms with van der Waals surface area (Å²) < 4.78 is 26.2. The highest BCUT2D eigenvalue weighted by atomic mass is 35.5. The molecule has 0 saturated heterocycles. The van der Waals surface area contributed by atoms with E-state index in [1.165, 1.54) is 0 Å². The molecule has 112 valence electrons. The Labute approximate surface area is 124 Å². The standard InChI is InChI=1S/C13H18ClNO4S/c1-9(2)7-12(13(16)17)15-20(18,19)8-10-5-3-4-6-11(10)14/h3-6,9,12,15H,7-8H2,1-2H3,(H,16,17)/t12-/m0/s1. The zero-order valence-corrected chi connectivity index (χ0v) is 12.9. The lowest BCUT2D eigenvalue weighted by Gasteiger charge is -2.16. The molecule has 7 heteroatoms. The SMILES string of the molecule is CC(C)C[C@H](NS(=O)(=O)Cc1ccccc1Cl)C(=O)O. The first-order valence-electron chi connectivity index (χ1n) is 6.17. The van der Waals surface area contributed by atoms with Crippen molar-refractivity contribution in [3.8, 4) is 0 Å². The van der Waals surface area contributed by atoms with Crippen LogP contribution in [0.15, 0.2) is 24.3 Å². The van der Waals surface area contributed by atoms with Crippen LogP contribution in [0.4, 0.5) is 0 Å². The Balaban J connectivity index is 2.83. The van der Waals surface area contributed by atoms with Gasteiger partial charge in [-0.3, -0.25) is 4.79 Å². The van der Waals surface area contributed by atoms with Gasteiger partial charge >= 0.3 is 5.97 Å². The number of sulfonamides is 1. The van der Waals surface area contributed by atoms with Gasteiger partial charge in [0.05, 0.1) is 5.75 Å². The molecule has 0 heterocycles. The van der Waals surface area contributed by atoms with E-state index in [2.05, 4.69) is 4.72 Å². The Hall–Kier alpha value is -1.11. The molecule has 0 radical (unpaired) electrons. The van der Waals surface area contributed by atoms with Crippen molar-refractivity contribution < 1.29 is 18.3 Å². The van der Waals surface area contributed by atoms with E-state index in [1.54, 1.807) is 24.3 Å². The maximum atomic E-state index is 12.0. The predicted molar refractivity (Wildman–Crippen MR) is 78.1 cm³/mol. The molecular weight excluding hydrogens is 302 g/mol. The van der Waals surface area contributed by atoms with E-state index >= 15 is 0 Å². The van der Waals surface area contributed by atoms with Crippen LogP contribution in [0.2, 0.25) is 5.02 Å². The van der Waals surface area contributed by atoms with E-state index < -0.39 is 22.0 Å². The Morgan fingerprint density at radius 3 is 2.45 bits per heavy atom. The second-order valence-corrected chi connectivity index (χ2v) is 7.15. The quantitative estimate of drug-likeness (QED) is 0.807. The number of carboxylic acids is 1. The van der Waals surface area contributed by atoms with Crippen LogP contribution in [-0.4, -0.2) is 25.5 Å². The number of carboxylic acid groups (broad SMARTS) is 1. The minimum absolute atomic E-state index is 0.0686. The van der Waals surface area contributed by atoms with Gasteiger partial charge in [0.25, 0.3) is 0 Å². The second-order valence-electron chi connectivity index (χ2n) is 4.99. The van der Waals surface area contributed by atoms with E-state index in [0.717, 1.165) is 0 Å². The summed E-state index contributed by atoms with van der Waals surface area (Å²) in [4.78, 5) is 11.1. The summed E-state index contributed by atoms with van der Waals surface area (Å²) in [5.74, 6) is -1.45. The highest BCUT2D eigenvalue weighted by molar-refractivity contribution is 7.88. The Morgan fingerprint density at radius 2 is 1.95 bits per heavy atom. The minimum Gasteiger partial charge on any atom is -0.480 e. The van der Waals surface area contributed by atoms with E-state index in [1.807, 2.05) is 13.8 Å². The van der Waals surface area contributed by atoms with Gasteiger partial charge in [0.2, 0.25) is 10.0 Å². The average molecular weight is 320 g/mol. The average Bonchev–Trinajstić information content (AvgIpc) is 2.30. The molecule has 1 atom stereocenters. The lowest BCUT2D eigenvalue weighted by molar-refractivity contribution is -0.139. The number of rotatable bonds is 7. The largest absolute Gasteiger partial charge is 0.480 e. The van der Waals surface area contributed by atoms with Gasteiger partial charge in [-0.2, -0.15) is 0 Å². The molecule has 0 aliphatic heterocycles. The highest BCUT2D eigenvalue weighted by Gasteiger charge is 2.25. The summed E-state index contributed by atoms with van der Waals surface area (Å²) in [6.07, 6.45) is 0.233. The first-order valence-corrected chi connectivity index (χ1v) is 8.20. The van der Waals surface area contributed by atoms with Crippen LogP contribution in [0.25, 0.3) is 0 Å². The molecule has 0 fully saturated rings. The molecular formula is C13H18ClNO4S. The number of aliphatic carboxylic acids is 1. The van der Waals surface area contributed by atoms with Crippen LogP contribution in [-0.2, 0) is 20.6 Å². The van der Waals surface area contributed by atoms with E-state index in [0.29, 0.717) is 10.6 Å². The number of carbonyl (C=O) groups is 1. The van der Waals surface area contributed by atoms with Crippen molar-refractivity contribution in [1.82, 2.24) is 4.72 Å². The normalized spacial score (nSPS) is 13.4. The van der Waals surface area contributed by atoms with Crippen molar-refractivity contribution in [1.29, 1.82) is 0 Å². The number of nitrogens with one attached hydrogen (secondary N) is 1. The van der Waals surface area contributed by atoms with Crippen LogP contribution in [0, 0.1) is 5.92 Å². The Bertz CT molecular complexity index is 571. The van der Waals surface area contributed by atoms with E-state index in [-0.39, 0.29) is 18.1 Å². The third kappa shape index (κ3) is 5.48. The van der Waals surface area contributed by atoms with Gasteiger partial charge < -0.3 is 5.11 Å². The highest BCUT2D eigenvalue weighted by Crippen LogP contribution is 2.18. The van der Waals surface area contributed by atoms with Gasteiger partial charge in [-0.25, -0.2) is 13.1 Å². The van der Waals surface area contributed by atoms with Gasteiger partial charge in [0, 0.05) is 5.02 Å². The third-order valence-electron chi connectivity index (χ3n) is 2.63. The fourth-order valence-corrected chi connectivity index (χ4v) is 3.41. The summed E-state index contributed by atoms with van der Waals surface area (Å²) in [6, 6.07) is 5.45. The molecule has 1 aromatic rings. The second kappa shape index (κ2) is 7.06. The molecule has 0 aromatic heterocycles. The van der Waals surface area contributed by atoms with Gasteiger partial charge in [0.15, 0.2) is 0 Å². The molecule has 0 saturated carbocycles. The van der Waals surface area contributed by atoms with Gasteiger partial charge in [-0.05, 0) is 24.0 Å². The number of benzene rings is 1. The predicted octanol–water partition coefficient (Wildman–Crippen LogP) is 2.26. The summed E-state index contributed by atoms with van der Waals surface area (Å²) in [7, 11) is -3.76. The van der Waals surface area contributed by atoms with Crippen molar-refractivity contribution in [3.63, 3.8) is 0 Å². The molecule has 2 N–H and O–H groups in total. The van der Waals surface area contributed by atoms with E-state index in [9.17, 15) is 13.2 Å². The van der Waals surface area contributed by atoms with Gasteiger partial charge in [-0.1, -0.05) is 43.6 Å². The summed E-state index contributed by atoms with van der Waals surface area (Å²) in [6.45, 7) is 3.66. The van der Waals surface area contributed by atoms with Crippen molar-refractivity contribution in [2.24, 2.45) is 5.92 Å². The van der Waals surface area contributed by atoms with Crippen molar-refractivity contribution >= 4 is 27.6 Å². The zero-order valence-electron chi connectivity index (χ0n) is 11.3. The summed E-state index contributed by atoms with van der Waals surface area (Å²) in [5.41, 5.74) is 0.440. The van der Waals surface area contributed by atoms with Crippen LogP contribution in [0.1, 0.15) is 25.8 Å². The van der Waals surface area contributed by atoms with Crippen LogP contribution in [0.5, 0.6) is 0 Å². The maximum Gasteiger partial charge on any atom is 0.321 e. The van der Waals surface area contributed by atoms with Crippen molar-refractivity contribution in [3.05, 3.63) is 34.9 Å². The van der Waals surface area contributed by atoms with Crippen LogP contribution in [0.3, 0.4) is 0 Å². The fraction of sp³-hybridized carbons (Fsp3) is 0.462. The minimum atomic E-state index is -3.76. The first kappa shape index (κ1) is 16.9. The summed E-state index contributed by atoms with van der Waals surface area (Å²) in [5, 5.41) is 9.39. The van der Waals surface area contributed by atoms with Crippen molar-refractivity contribution in [2.45, 2.75) is 32.1 Å². The smallest absolute Gasteiger partial charge is 0.321 e. The lowest BCUT2D eigenvalue weighted by Crippen LogP contribution is -2.42. The Morgan fingerprint density at radius 1 is 1.35 bits per heavy atom. The van der Waals surface area contributed by atoms with Crippen LogP contribution >= 0.6 is 11.6 Å². The molecule has 0 amide bonds. The molecule has 5 nitrogen and oxygen atoms in total. The molecule has 0 unspecified atom stereocenters. The molecule has 0 aliphatic carbocycles. The van der Waals surface area contributed by atoms with Gasteiger partial charge in [0.1, 0.15) is 6.04 Å². The monoisotopic (exact) mass is 319 g/mol. The number of hydrogen-bond donors (Lipinski definition) is 2. The molecule has 20 heavy (non-hydrogen) atoms. The topological polar surface area (TPSA) is 83.5 Å². The summed E-state index contributed by atoms with van der Waals surface area (Å²) >= 11 is 5.91. The first-order chi connectivity index (χ1) is 9.21. The molecule has 0 spiro atoms. The Kier molecular flexibility index (Phi) is 5.98. The molecule has 0 aliphatic rings. The maximum absolute atomic E-state index is 12.0. The number of hydrogen-bond acceptors (Lipinski definition) is 3. The molecule has 0 bridgehead atoms. The van der Waals surface area contributed by atoms with Crippen LogP contribution < -0.4 is 4.72 Å².